The Morgan fingerprint density at radius 3 is 2.19 bits per heavy atom. The fraction of sp³-hybridized carbons (Fsp3) is 0.227. The Morgan fingerprint density at radius 1 is 1.00 bits per heavy atom. The van der Waals surface area contributed by atoms with Crippen molar-refractivity contribution in [3.63, 3.8) is 0 Å². The molecule has 3 rings (SSSR count). The summed E-state index contributed by atoms with van der Waals surface area (Å²) in [5, 5.41) is 4.42. The van der Waals surface area contributed by atoms with Crippen LogP contribution in [-0.2, 0) is 16.0 Å². The topological polar surface area (TPSA) is 85.3 Å². The first kappa shape index (κ1) is 21.9. The maximum Gasteiger partial charge on any atom is 0.279 e. The van der Waals surface area contributed by atoms with E-state index < -0.39 is 23.7 Å². The first-order chi connectivity index (χ1) is 14.7. The van der Waals surface area contributed by atoms with Crippen molar-refractivity contribution in [2.75, 3.05) is 0 Å². The average Bonchev–Trinajstić information content (AvgIpc) is 3.02. The van der Waals surface area contributed by atoms with Crippen LogP contribution in [0.4, 0.5) is 8.78 Å². The van der Waals surface area contributed by atoms with Crippen molar-refractivity contribution >= 4 is 11.8 Å². The van der Waals surface area contributed by atoms with Crippen molar-refractivity contribution in [2.24, 2.45) is 0 Å². The Hall–Kier alpha value is -3.75. The first-order valence-corrected chi connectivity index (χ1v) is 9.56. The van der Waals surface area contributed by atoms with Crippen molar-refractivity contribution in [1.29, 1.82) is 0 Å². The minimum absolute atomic E-state index is 0.00760. The van der Waals surface area contributed by atoms with Gasteiger partial charge in [0.05, 0.1) is 17.8 Å². The van der Waals surface area contributed by atoms with Gasteiger partial charge in [0.25, 0.3) is 5.91 Å². The maximum absolute atomic E-state index is 13.2. The maximum atomic E-state index is 13.2. The van der Waals surface area contributed by atoms with E-state index in [1.54, 1.807) is 23.7 Å². The molecule has 1 aromatic heterocycles. The van der Waals surface area contributed by atoms with Gasteiger partial charge in [-0.1, -0.05) is 0 Å². The summed E-state index contributed by atoms with van der Waals surface area (Å²) < 4.78 is 33.1. The molecule has 2 N–H and O–H groups in total. The van der Waals surface area contributed by atoms with E-state index in [9.17, 15) is 18.4 Å². The summed E-state index contributed by atoms with van der Waals surface area (Å²) in [5.74, 6) is -1.43. The molecule has 7 nitrogen and oxygen atoms in total. The smallest absolute Gasteiger partial charge is 0.279 e. The third-order valence-corrected chi connectivity index (χ3v) is 4.67. The van der Waals surface area contributed by atoms with Crippen LogP contribution >= 0.6 is 0 Å². The number of aryl methyl sites for hydroxylation is 1. The van der Waals surface area contributed by atoms with Gasteiger partial charge in [-0.15, -0.1) is 0 Å². The predicted octanol–water partition coefficient (Wildman–Crippen LogP) is 2.92. The summed E-state index contributed by atoms with van der Waals surface area (Å²) in [6, 6.07) is 11.1. The second-order valence-corrected chi connectivity index (χ2v) is 6.97. The molecule has 0 radical (unpaired) electrons. The van der Waals surface area contributed by atoms with Crippen molar-refractivity contribution in [2.45, 2.75) is 33.3 Å². The lowest BCUT2D eigenvalue weighted by Crippen LogP contribution is -2.47. The number of halogens is 2. The summed E-state index contributed by atoms with van der Waals surface area (Å²) in [7, 11) is 0. The Bertz CT molecular complexity index is 1080. The van der Waals surface area contributed by atoms with Gasteiger partial charge in [-0.25, -0.2) is 13.5 Å². The molecule has 1 atom stereocenters. The molecule has 0 spiro atoms. The van der Waals surface area contributed by atoms with Crippen LogP contribution in [0.3, 0.4) is 0 Å². The highest BCUT2D eigenvalue weighted by molar-refractivity contribution is 5.85. The van der Waals surface area contributed by atoms with E-state index in [1.165, 1.54) is 43.3 Å². The van der Waals surface area contributed by atoms with Gasteiger partial charge in [0.2, 0.25) is 5.91 Å². The van der Waals surface area contributed by atoms with Crippen molar-refractivity contribution in [3.05, 3.63) is 77.1 Å². The normalized spacial score (nSPS) is 11.6. The number of ether oxygens (including phenoxy) is 1. The van der Waals surface area contributed by atoms with E-state index in [4.69, 9.17) is 4.74 Å². The number of nitrogens with one attached hydrogen (secondary N) is 2. The largest absolute Gasteiger partial charge is 0.481 e. The number of hydrazine groups is 1. The number of amides is 2. The van der Waals surface area contributed by atoms with Gasteiger partial charge in [-0.2, -0.15) is 5.10 Å². The van der Waals surface area contributed by atoms with Gasteiger partial charge < -0.3 is 4.74 Å². The number of carbonyl (C=O) groups excluding carboxylic acids is 2. The van der Waals surface area contributed by atoms with E-state index >= 15 is 0 Å². The molecular formula is C22H22F2N4O3. The molecule has 0 saturated heterocycles. The fourth-order valence-electron chi connectivity index (χ4n) is 2.97. The highest BCUT2D eigenvalue weighted by Crippen LogP contribution is 2.19. The molecule has 0 aliphatic heterocycles. The molecule has 0 bridgehead atoms. The summed E-state index contributed by atoms with van der Waals surface area (Å²) >= 11 is 0. The molecule has 0 aliphatic carbocycles. The van der Waals surface area contributed by atoms with Crippen LogP contribution in [0.25, 0.3) is 5.69 Å². The van der Waals surface area contributed by atoms with Gasteiger partial charge in [0.15, 0.2) is 6.10 Å². The average molecular weight is 428 g/mol. The summed E-state index contributed by atoms with van der Waals surface area (Å²) in [5.41, 5.74) is 7.42. The van der Waals surface area contributed by atoms with Gasteiger partial charge in [-0.3, -0.25) is 20.4 Å². The third-order valence-electron chi connectivity index (χ3n) is 4.67. The highest BCUT2D eigenvalue weighted by atomic mass is 19.1. The monoisotopic (exact) mass is 428 g/mol. The van der Waals surface area contributed by atoms with Crippen LogP contribution in [0.15, 0.2) is 48.5 Å². The number of hydrogen-bond acceptors (Lipinski definition) is 4. The first-order valence-electron chi connectivity index (χ1n) is 9.56. The van der Waals surface area contributed by atoms with Crippen molar-refractivity contribution < 1.29 is 23.1 Å². The number of aromatic nitrogens is 2. The molecule has 0 unspecified atom stereocenters. The van der Waals surface area contributed by atoms with E-state index in [1.807, 2.05) is 6.92 Å². The standard InChI is InChI=1S/C22H22F2N4O3/c1-13-20(14(2)28(27-13)18-8-4-16(23)5-9-18)12-21(29)25-26-22(30)15(3)31-19-10-6-17(24)7-11-19/h4-11,15H,12H2,1-3H3,(H,25,29)(H,26,30)/t15-/m0/s1. The fourth-order valence-corrected chi connectivity index (χ4v) is 2.97. The van der Waals surface area contributed by atoms with Gasteiger partial charge in [0, 0.05) is 11.3 Å². The molecule has 0 fully saturated rings. The molecule has 3 aromatic rings. The number of carbonyl (C=O) groups is 2. The highest BCUT2D eigenvalue weighted by Gasteiger charge is 2.18. The number of benzene rings is 2. The molecule has 162 valence electrons. The Kier molecular flexibility index (Phi) is 6.64. The van der Waals surface area contributed by atoms with Crippen molar-refractivity contribution in [3.8, 4) is 11.4 Å². The van der Waals surface area contributed by atoms with Crippen LogP contribution < -0.4 is 15.6 Å². The second kappa shape index (κ2) is 9.38. The van der Waals surface area contributed by atoms with Crippen LogP contribution in [0, 0.1) is 25.5 Å². The Labute approximate surface area is 178 Å². The minimum atomic E-state index is -0.907. The lowest BCUT2D eigenvalue weighted by Gasteiger charge is -2.15. The van der Waals surface area contributed by atoms with E-state index in [0.29, 0.717) is 22.7 Å². The number of hydrogen-bond donors (Lipinski definition) is 2. The molecule has 0 saturated carbocycles. The molecule has 2 aromatic carbocycles. The Balaban J connectivity index is 1.57. The zero-order valence-electron chi connectivity index (χ0n) is 17.3. The summed E-state index contributed by atoms with van der Waals surface area (Å²) in [6.07, 6.45) is -0.915. The molecule has 31 heavy (non-hydrogen) atoms. The number of rotatable bonds is 6. The lowest BCUT2D eigenvalue weighted by molar-refractivity contribution is -0.132. The SMILES string of the molecule is Cc1nn(-c2ccc(F)cc2)c(C)c1CC(=O)NNC(=O)[C@H](C)Oc1ccc(F)cc1. The van der Waals surface area contributed by atoms with Crippen LogP contribution in [-0.4, -0.2) is 27.7 Å². The Morgan fingerprint density at radius 2 is 1.58 bits per heavy atom. The lowest BCUT2D eigenvalue weighted by atomic mass is 10.1. The summed E-state index contributed by atoms with van der Waals surface area (Å²) in [6.45, 7) is 5.09. The molecule has 0 aliphatic rings. The van der Waals surface area contributed by atoms with Crippen LogP contribution in [0.1, 0.15) is 23.9 Å². The second-order valence-electron chi connectivity index (χ2n) is 6.97. The van der Waals surface area contributed by atoms with E-state index in [-0.39, 0.29) is 12.2 Å². The molecule has 2 amide bonds. The van der Waals surface area contributed by atoms with Crippen LogP contribution in [0.5, 0.6) is 5.75 Å². The molecule has 9 heteroatoms. The quantitative estimate of drug-likeness (QED) is 0.592. The minimum Gasteiger partial charge on any atom is -0.481 e. The zero-order chi connectivity index (χ0) is 22.5. The van der Waals surface area contributed by atoms with Gasteiger partial charge in [0.1, 0.15) is 17.4 Å². The third kappa shape index (κ3) is 5.44. The molecule has 1 heterocycles. The van der Waals surface area contributed by atoms with Crippen LogP contribution in [0.2, 0.25) is 0 Å². The van der Waals surface area contributed by atoms with E-state index in [0.717, 1.165) is 5.69 Å². The molecular weight excluding hydrogens is 406 g/mol. The predicted molar refractivity (Wildman–Crippen MR) is 109 cm³/mol. The van der Waals surface area contributed by atoms with Gasteiger partial charge in [-0.05, 0) is 69.3 Å². The zero-order valence-corrected chi connectivity index (χ0v) is 17.3. The summed E-state index contributed by atoms with van der Waals surface area (Å²) in [4.78, 5) is 24.5. The van der Waals surface area contributed by atoms with Gasteiger partial charge >= 0.3 is 0 Å². The number of nitrogens with zero attached hydrogens (tertiary/aromatic N) is 2. The van der Waals surface area contributed by atoms with E-state index in [2.05, 4.69) is 16.0 Å². The van der Waals surface area contributed by atoms with Crippen molar-refractivity contribution in [1.82, 2.24) is 20.6 Å².